The van der Waals surface area contributed by atoms with Crippen molar-refractivity contribution in [3.8, 4) is 32.9 Å². The number of amides is 2. The zero-order valence-electron chi connectivity index (χ0n) is 43.3. The molecule has 2 saturated carbocycles. The molecule has 2 unspecified atom stereocenters. The molecule has 8 heterocycles. The number of likely N-dealkylation sites (tertiary alicyclic amines) is 2. The van der Waals surface area contributed by atoms with E-state index in [1.165, 1.54) is 36.6 Å². The van der Waals surface area contributed by atoms with Gasteiger partial charge in [-0.15, -0.1) is 22.7 Å². The van der Waals surface area contributed by atoms with Crippen molar-refractivity contribution in [2.45, 2.75) is 107 Å². The van der Waals surface area contributed by atoms with Gasteiger partial charge < -0.3 is 29.9 Å². The Hall–Kier alpha value is -6.32. The van der Waals surface area contributed by atoms with Crippen LogP contribution in [-0.4, -0.2) is 141 Å². The van der Waals surface area contributed by atoms with Crippen molar-refractivity contribution in [2.24, 2.45) is 5.92 Å². The third-order valence-electron chi connectivity index (χ3n) is 14.2. The minimum Gasteiger partial charge on any atom is -0.477 e. The maximum atomic E-state index is 13.8. The lowest BCUT2D eigenvalue weighted by atomic mass is 10.1. The molecule has 414 valence electrons. The lowest BCUT2D eigenvalue weighted by molar-refractivity contribution is 0.0920. The SMILES string of the molecule is CCOc1cncc(-c2cnc(C(=O)N[C@H](CCN3CCCCC3)c3cc(NS(=O)(=O)C4CC4CCOc4cncc(-c5cnc(C(=O)N[C@@H](CCN6CCCCC6)c6cc(NS(=O)(=O)C7CC7)ccn6)s5)n4)ccn3)s2)n1. The maximum absolute atomic E-state index is 13.8. The van der Waals surface area contributed by atoms with Gasteiger partial charge in [-0.1, -0.05) is 12.8 Å². The summed E-state index contributed by atoms with van der Waals surface area (Å²) in [6.07, 6.45) is 22.6. The summed E-state index contributed by atoms with van der Waals surface area (Å²) >= 11 is 2.34. The number of nitrogens with one attached hydrogen (secondary N) is 4. The van der Waals surface area contributed by atoms with Crippen LogP contribution < -0.4 is 29.6 Å². The molecule has 4 fully saturated rings. The van der Waals surface area contributed by atoms with E-state index in [0.717, 1.165) is 76.3 Å². The van der Waals surface area contributed by atoms with Crippen LogP contribution in [0.5, 0.6) is 11.8 Å². The minimum absolute atomic E-state index is 0.150. The van der Waals surface area contributed by atoms with E-state index in [2.05, 4.69) is 69.7 Å². The largest absolute Gasteiger partial charge is 0.477 e. The average molecular weight is 1140 g/mol. The third-order valence-corrected chi connectivity index (χ3v) is 20.0. The first-order valence-corrected chi connectivity index (χ1v) is 31.4. The molecule has 0 radical (unpaired) electrons. The van der Waals surface area contributed by atoms with Gasteiger partial charge in [0.15, 0.2) is 10.0 Å². The fourth-order valence-electron chi connectivity index (χ4n) is 9.72. The van der Waals surface area contributed by atoms with E-state index in [0.29, 0.717) is 94.9 Å². The van der Waals surface area contributed by atoms with Crippen LogP contribution in [0.3, 0.4) is 0 Å². The monoisotopic (exact) mass is 1140 g/mol. The van der Waals surface area contributed by atoms with Crippen molar-refractivity contribution in [3.05, 3.63) is 95.2 Å². The van der Waals surface area contributed by atoms with Gasteiger partial charge >= 0.3 is 0 Å². The van der Waals surface area contributed by atoms with Crippen LogP contribution in [0.15, 0.2) is 73.8 Å². The van der Waals surface area contributed by atoms with Crippen LogP contribution in [0.4, 0.5) is 11.4 Å². The Morgan fingerprint density at radius 2 is 1.15 bits per heavy atom. The number of rotatable bonds is 26. The number of hydrogen-bond acceptors (Lipinski definition) is 20. The summed E-state index contributed by atoms with van der Waals surface area (Å²) in [5.74, 6) is -0.302. The van der Waals surface area contributed by atoms with Gasteiger partial charge in [0.1, 0.15) is 11.4 Å². The number of anilines is 2. The number of aromatic nitrogens is 8. The van der Waals surface area contributed by atoms with Crippen LogP contribution >= 0.6 is 22.7 Å². The van der Waals surface area contributed by atoms with E-state index in [1.807, 2.05) is 6.92 Å². The molecule has 78 heavy (non-hydrogen) atoms. The highest BCUT2D eigenvalue weighted by molar-refractivity contribution is 7.93. The molecule has 2 aliphatic carbocycles. The number of carbonyl (C=O) groups is 2. The van der Waals surface area contributed by atoms with Gasteiger partial charge in [-0.2, -0.15) is 0 Å². The summed E-state index contributed by atoms with van der Waals surface area (Å²) in [6.45, 7) is 7.89. The predicted molar refractivity (Wildman–Crippen MR) is 296 cm³/mol. The van der Waals surface area contributed by atoms with Crippen molar-refractivity contribution in [1.29, 1.82) is 0 Å². The Kier molecular flexibility index (Phi) is 17.8. The average Bonchev–Trinajstić information content (AvgIpc) is 4.42. The van der Waals surface area contributed by atoms with E-state index in [1.54, 1.807) is 61.4 Å². The second-order valence-corrected chi connectivity index (χ2v) is 25.9. The molecule has 2 aliphatic heterocycles. The summed E-state index contributed by atoms with van der Waals surface area (Å²) in [4.78, 5) is 69.2. The molecule has 0 bridgehead atoms. The van der Waals surface area contributed by atoms with Crippen LogP contribution in [0.1, 0.15) is 127 Å². The first kappa shape index (κ1) is 55.0. The van der Waals surface area contributed by atoms with Gasteiger partial charge in [0, 0.05) is 37.9 Å². The van der Waals surface area contributed by atoms with Crippen molar-refractivity contribution in [3.63, 3.8) is 0 Å². The normalized spacial score (nSPS) is 18.8. The Labute approximate surface area is 462 Å². The Morgan fingerprint density at radius 3 is 1.65 bits per heavy atom. The number of carbonyl (C=O) groups excluding carboxylic acids is 2. The summed E-state index contributed by atoms with van der Waals surface area (Å²) in [5, 5.41) is 5.68. The summed E-state index contributed by atoms with van der Waals surface area (Å²) in [5.41, 5.74) is 2.83. The van der Waals surface area contributed by atoms with Crippen molar-refractivity contribution in [1.82, 2.24) is 60.3 Å². The lowest BCUT2D eigenvalue weighted by Crippen LogP contribution is -2.35. The Balaban J connectivity index is 0.732. The Bertz CT molecular complexity index is 3260. The van der Waals surface area contributed by atoms with Crippen LogP contribution in [-0.2, 0) is 20.0 Å². The molecule has 4 N–H and O–H groups in total. The number of pyridine rings is 2. The third kappa shape index (κ3) is 14.7. The standard InChI is InChI=1S/C52H64N14O8S4/c1-2-73-47-32-53-28-42(59-47)44-30-57-51(75-44)49(67)62-39(14-23-66-20-7-4-8-21-66)41-27-36(12-17-56-41)64-78(71,72)46-25-34(46)15-24-74-48-33-54-29-43(60-48)45-31-58-52(76-45)50(68)61-38(13-22-65-18-5-3-6-19-65)40-26-35(11-16-55-40)63-77(69,70)37-9-10-37/h11-12,16-17,26-34,37-39,46H,2-10,13-15,18-25H2,1H3,(H,55,63)(H,56,64)(H,61,68)(H,62,67)/t34?,38-,39+,46?/m0/s1. The van der Waals surface area contributed by atoms with Gasteiger partial charge in [-0.25, -0.2) is 36.8 Å². The molecule has 4 aliphatic rings. The molecular formula is C52H64N14O8S4. The molecule has 26 heteroatoms. The van der Waals surface area contributed by atoms with Crippen LogP contribution in [0.25, 0.3) is 21.1 Å². The molecule has 4 atom stereocenters. The lowest BCUT2D eigenvalue weighted by Gasteiger charge is -2.28. The quantitative estimate of drug-likeness (QED) is 0.0430. The van der Waals surface area contributed by atoms with Crippen molar-refractivity contribution in [2.75, 3.05) is 61.9 Å². The van der Waals surface area contributed by atoms with E-state index >= 15 is 0 Å². The van der Waals surface area contributed by atoms with E-state index in [9.17, 15) is 26.4 Å². The van der Waals surface area contributed by atoms with Gasteiger partial charge in [0.2, 0.25) is 31.8 Å². The molecule has 0 spiro atoms. The number of sulfonamides is 2. The van der Waals surface area contributed by atoms with E-state index < -0.39 is 43.3 Å². The summed E-state index contributed by atoms with van der Waals surface area (Å²) in [6, 6.07) is 5.56. The van der Waals surface area contributed by atoms with E-state index in [-0.39, 0.29) is 39.6 Å². The van der Waals surface area contributed by atoms with Crippen molar-refractivity contribution < 1.29 is 35.9 Å². The number of hydrogen-bond donors (Lipinski definition) is 4. The predicted octanol–water partition coefficient (Wildman–Crippen LogP) is 6.90. The van der Waals surface area contributed by atoms with E-state index in [4.69, 9.17) is 9.47 Å². The highest BCUT2D eigenvalue weighted by Gasteiger charge is 2.47. The fraction of sp³-hybridized carbons (Fsp3) is 0.500. The first-order valence-electron chi connectivity index (χ1n) is 26.7. The number of nitrogens with zero attached hydrogens (tertiary/aromatic N) is 10. The topological polar surface area (TPSA) is 279 Å². The molecule has 6 aromatic rings. The molecule has 10 rings (SSSR count). The minimum atomic E-state index is -3.80. The first-order chi connectivity index (χ1) is 37.9. The van der Waals surface area contributed by atoms with Gasteiger partial charge in [0.25, 0.3) is 11.8 Å². The maximum Gasteiger partial charge on any atom is 0.280 e. The number of piperidine rings is 2. The van der Waals surface area contributed by atoms with Crippen LogP contribution in [0.2, 0.25) is 0 Å². The van der Waals surface area contributed by atoms with Crippen LogP contribution in [0, 0.1) is 5.92 Å². The van der Waals surface area contributed by atoms with Gasteiger partial charge in [0.05, 0.1) is 93.1 Å². The second-order valence-electron chi connectivity index (χ2n) is 20.0. The van der Waals surface area contributed by atoms with Gasteiger partial charge in [-0.3, -0.25) is 39.0 Å². The Morgan fingerprint density at radius 1 is 0.654 bits per heavy atom. The fourth-order valence-corrected chi connectivity index (χ4v) is 14.4. The zero-order chi connectivity index (χ0) is 54.1. The second kappa shape index (κ2) is 25.2. The van der Waals surface area contributed by atoms with Crippen molar-refractivity contribution >= 4 is 65.9 Å². The summed E-state index contributed by atoms with van der Waals surface area (Å²) in [7, 11) is -7.29. The number of thiazole rings is 2. The molecule has 2 amide bonds. The highest BCUT2D eigenvalue weighted by atomic mass is 32.2. The molecule has 22 nitrogen and oxygen atoms in total. The molecule has 6 aromatic heterocycles. The molecule has 2 saturated heterocycles. The molecular weight excluding hydrogens is 1080 g/mol. The smallest absolute Gasteiger partial charge is 0.280 e. The van der Waals surface area contributed by atoms with Gasteiger partial charge in [-0.05, 0) is 127 Å². The molecule has 0 aromatic carbocycles. The zero-order valence-corrected chi connectivity index (χ0v) is 46.6. The number of ether oxygens (including phenoxy) is 2. The summed E-state index contributed by atoms with van der Waals surface area (Å²) < 4.78 is 70.0. The highest BCUT2D eigenvalue weighted by Crippen LogP contribution is 2.41.